The average Bonchev–Trinajstić information content (AvgIpc) is 3.34. The third kappa shape index (κ3) is 3.92. The summed E-state index contributed by atoms with van der Waals surface area (Å²) in [5, 5.41) is 17.0. The fraction of sp³-hybridized carbons (Fsp3) is 0.286. The summed E-state index contributed by atoms with van der Waals surface area (Å²) in [7, 11) is -3.87. The van der Waals surface area contributed by atoms with Gasteiger partial charge in [0.2, 0.25) is 11.8 Å². The van der Waals surface area contributed by atoms with Gasteiger partial charge in [-0.25, -0.2) is 12.4 Å². The second-order valence-electron chi connectivity index (χ2n) is 7.17. The number of rotatable bonds is 8. The fourth-order valence-electron chi connectivity index (χ4n) is 3.29. The largest absolute Gasteiger partial charge is 0.477 e. The highest BCUT2D eigenvalue weighted by molar-refractivity contribution is 7.90. The maximum atomic E-state index is 13.3. The molecule has 1 aromatic carbocycles. The Labute approximate surface area is 185 Å². The summed E-state index contributed by atoms with van der Waals surface area (Å²) in [5.74, 6) is 0.449. The lowest BCUT2D eigenvalue weighted by Crippen LogP contribution is -2.13. The molecule has 168 valence electrons. The average molecular weight is 457 g/mol. The first-order chi connectivity index (χ1) is 15.3. The van der Waals surface area contributed by atoms with E-state index in [1.165, 1.54) is 6.20 Å². The molecule has 32 heavy (non-hydrogen) atoms. The first kappa shape index (κ1) is 21.8. The topological polar surface area (TPSA) is 124 Å². The Morgan fingerprint density at radius 3 is 2.56 bits per heavy atom. The Morgan fingerprint density at radius 2 is 1.88 bits per heavy atom. The maximum absolute atomic E-state index is 13.3. The zero-order chi connectivity index (χ0) is 22.9. The molecule has 11 heteroatoms. The van der Waals surface area contributed by atoms with Crippen LogP contribution < -0.4 is 10.1 Å². The van der Waals surface area contributed by atoms with E-state index in [-0.39, 0.29) is 29.0 Å². The predicted molar refractivity (Wildman–Crippen MR) is 120 cm³/mol. The molecule has 0 amide bonds. The molecule has 0 radical (unpaired) electrons. The van der Waals surface area contributed by atoms with Gasteiger partial charge >= 0.3 is 0 Å². The van der Waals surface area contributed by atoms with Crippen molar-refractivity contribution in [1.29, 1.82) is 0 Å². The van der Waals surface area contributed by atoms with Crippen molar-refractivity contribution in [3.05, 3.63) is 54.0 Å². The van der Waals surface area contributed by atoms with Gasteiger partial charge in [0.05, 0.1) is 47.6 Å². The SMILES string of the molecule is CCOc1nc(Nc2cnn(CCO)c2C)nc2c1ccn2S(=O)(=O)c1ccc(C)cc1. The van der Waals surface area contributed by atoms with Crippen molar-refractivity contribution in [3.63, 3.8) is 0 Å². The number of hydrogen-bond acceptors (Lipinski definition) is 8. The van der Waals surface area contributed by atoms with Crippen LogP contribution >= 0.6 is 0 Å². The predicted octanol–water partition coefficient (Wildman–Crippen LogP) is 2.62. The number of aliphatic hydroxyl groups is 1. The molecular weight excluding hydrogens is 432 g/mol. The van der Waals surface area contributed by atoms with Crippen LogP contribution in [-0.4, -0.2) is 50.5 Å². The lowest BCUT2D eigenvalue weighted by Gasteiger charge is -2.11. The molecule has 0 aliphatic rings. The van der Waals surface area contributed by atoms with Gasteiger partial charge in [0, 0.05) is 6.20 Å². The minimum Gasteiger partial charge on any atom is -0.477 e. The van der Waals surface area contributed by atoms with Gasteiger partial charge in [-0.15, -0.1) is 0 Å². The molecule has 0 saturated carbocycles. The smallest absolute Gasteiger partial charge is 0.269 e. The molecule has 0 saturated heterocycles. The third-order valence-corrected chi connectivity index (χ3v) is 6.68. The zero-order valence-electron chi connectivity index (χ0n) is 18.0. The lowest BCUT2D eigenvalue weighted by molar-refractivity contribution is 0.268. The fourth-order valence-corrected chi connectivity index (χ4v) is 4.59. The van der Waals surface area contributed by atoms with E-state index in [9.17, 15) is 8.42 Å². The van der Waals surface area contributed by atoms with Crippen molar-refractivity contribution >= 4 is 32.7 Å². The molecule has 0 spiro atoms. The van der Waals surface area contributed by atoms with Crippen LogP contribution in [0.15, 0.2) is 47.6 Å². The second-order valence-corrected chi connectivity index (χ2v) is 8.98. The molecule has 3 heterocycles. The number of benzene rings is 1. The number of aliphatic hydroxyl groups excluding tert-OH is 1. The number of anilines is 2. The van der Waals surface area contributed by atoms with E-state index >= 15 is 0 Å². The number of fused-ring (bicyclic) bond motifs is 1. The van der Waals surface area contributed by atoms with Gasteiger partial charge in [0.15, 0.2) is 5.65 Å². The summed E-state index contributed by atoms with van der Waals surface area (Å²) < 4.78 is 35.0. The number of nitrogens with zero attached hydrogens (tertiary/aromatic N) is 5. The van der Waals surface area contributed by atoms with Crippen molar-refractivity contribution < 1.29 is 18.3 Å². The number of aryl methyl sites for hydroxylation is 1. The molecule has 3 aromatic heterocycles. The molecule has 4 aromatic rings. The minimum atomic E-state index is -3.87. The molecule has 0 aliphatic carbocycles. The van der Waals surface area contributed by atoms with Crippen molar-refractivity contribution in [2.75, 3.05) is 18.5 Å². The number of nitrogens with one attached hydrogen (secondary N) is 1. The van der Waals surface area contributed by atoms with Gasteiger partial charge in [-0.05, 0) is 39.0 Å². The van der Waals surface area contributed by atoms with E-state index in [2.05, 4.69) is 20.4 Å². The minimum absolute atomic E-state index is 0.0384. The molecule has 4 rings (SSSR count). The highest BCUT2D eigenvalue weighted by Crippen LogP contribution is 2.29. The highest BCUT2D eigenvalue weighted by atomic mass is 32.2. The van der Waals surface area contributed by atoms with Crippen LogP contribution in [0.4, 0.5) is 11.6 Å². The third-order valence-electron chi connectivity index (χ3n) is 5.00. The number of hydrogen-bond donors (Lipinski definition) is 2. The molecule has 0 fully saturated rings. The summed E-state index contributed by atoms with van der Waals surface area (Å²) in [4.78, 5) is 9.06. The summed E-state index contributed by atoms with van der Waals surface area (Å²) in [6, 6.07) is 8.26. The van der Waals surface area contributed by atoms with Gasteiger partial charge < -0.3 is 15.2 Å². The van der Waals surface area contributed by atoms with E-state index < -0.39 is 10.0 Å². The molecule has 10 nitrogen and oxygen atoms in total. The van der Waals surface area contributed by atoms with Crippen molar-refractivity contribution in [2.45, 2.75) is 32.2 Å². The Kier molecular flexibility index (Phi) is 5.85. The van der Waals surface area contributed by atoms with Gasteiger partial charge in [-0.2, -0.15) is 15.1 Å². The summed E-state index contributed by atoms with van der Waals surface area (Å²) in [5.41, 5.74) is 2.58. The van der Waals surface area contributed by atoms with Crippen molar-refractivity contribution in [1.82, 2.24) is 23.7 Å². The second kappa shape index (κ2) is 8.60. The van der Waals surface area contributed by atoms with Gasteiger partial charge in [0.25, 0.3) is 10.0 Å². The van der Waals surface area contributed by atoms with E-state index in [0.29, 0.717) is 24.2 Å². The summed E-state index contributed by atoms with van der Waals surface area (Å²) >= 11 is 0. The molecule has 0 atom stereocenters. The first-order valence-electron chi connectivity index (χ1n) is 10.1. The standard InChI is InChI=1S/C21H24N6O4S/c1-4-31-20-17-9-10-27(32(29,30)16-7-5-14(2)6-8-16)19(17)24-21(25-20)23-18-13-22-26(11-12-28)15(18)3/h5-10,13,28H,4,11-12H2,1-3H3,(H,23,24,25). The molecular formula is C21H24N6O4S. The van der Waals surface area contributed by atoms with Gasteiger partial charge in [-0.1, -0.05) is 17.7 Å². The van der Waals surface area contributed by atoms with E-state index in [0.717, 1.165) is 15.2 Å². The summed E-state index contributed by atoms with van der Waals surface area (Å²) in [6.07, 6.45) is 3.05. The van der Waals surface area contributed by atoms with E-state index in [1.54, 1.807) is 41.2 Å². The van der Waals surface area contributed by atoms with Crippen LogP contribution in [0.1, 0.15) is 18.2 Å². The van der Waals surface area contributed by atoms with Crippen LogP contribution in [0.3, 0.4) is 0 Å². The summed E-state index contributed by atoms with van der Waals surface area (Å²) in [6.45, 7) is 6.24. The quantitative estimate of drug-likeness (QED) is 0.415. The Balaban J connectivity index is 1.81. The maximum Gasteiger partial charge on any atom is 0.269 e. The van der Waals surface area contributed by atoms with Crippen molar-refractivity contribution in [3.8, 4) is 5.88 Å². The van der Waals surface area contributed by atoms with Crippen LogP contribution in [-0.2, 0) is 16.6 Å². The normalized spacial score (nSPS) is 11.8. The van der Waals surface area contributed by atoms with Crippen LogP contribution in [0.25, 0.3) is 11.0 Å². The van der Waals surface area contributed by atoms with Crippen LogP contribution in [0.5, 0.6) is 5.88 Å². The highest BCUT2D eigenvalue weighted by Gasteiger charge is 2.23. The van der Waals surface area contributed by atoms with Crippen molar-refractivity contribution in [2.24, 2.45) is 0 Å². The Bertz CT molecular complexity index is 1360. The van der Waals surface area contributed by atoms with E-state index in [4.69, 9.17) is 9.84 Å². The van der Waals surface area contributed by atoms with Crippen LogP contribution in [0.2, 0.25) is 0 Å². The van der Waals surface area contributed by atoms with E-state index in [1.807, 2.05) is 20.8 Å². The zero-order valence-corrected chi connectivity index (χ0v) is 18.8. The van der Waals surface area contributed by atoms with Gasteiger partial charge in [-0.3, -0.25) is 4.68 Å². The number of aromatic nitrogens is 5. The van der Waals surface area contributed by atoms with Crippen LogP contribution in [0, 0.1) is 13.8 Å². The van der Waals surface area contributed by atoms with Gasteiger partial charge in [0.1, 0.15) is 0 Å². The Hall–Kier alpha value is -3.44. The molecule has 0 bridgehead atoms. The monoisotopic (exact) mass is 456 g/mol. The molecule has 0 unspecified atom stereocenters. The first-order valence-corrected chi connectivity index (χ1v) is 11.5. The molecule has 2 N–H and O–H groups in total. The lowest BCUT2D eigenvalue weighted by atomic mass is 10.2. The Morgan fingerprint density at radius 1 is 1.12 bits per heavy atom. The molecule has 0 aliphatic heterocycles. The number of ether oxygens (including phenoxy) is 1.